The van der Waals surface area contributed by atoms with Crippen molar-refractivity contribution in [2.75, 3.05) is 6.61 Å². The number of aliphatic hydroxyl groups is 1. The van der Waals surface area contributed by atoms with Gasteiger partial charge in [-0.2, -0.15) is 0 Å². The van der Waals surface area contributed by atoms with E-state index in [4.69, 9.17) is 4.74 Å². The molecule has 1 aliphatic rings. The van der Waals surface area contributed by atoms with Crippen LogP contribution in [0.4, 0.5) is 0 Å². The monoisotopic (exact) mass is 214 g/mol. The van der Waals surface area contributed by atoms with Crippen molar-refractivity contribution in [3.8, 4) is 0 Å². The maximum atomic E-state index is 9.81. The molecule has 1 atom stereocenters. The molecule has 0 aromatic rings. The van der Waals surface area contributed by atoms with Crippen molar-refractivity contribution in [1.82, 2.24) is 0 Å². The van der Waals surface area contributed by atoms with Gasteiger partial charge < -0.3 is 9.84 Å². The fourth-order valence-electron chi connectivity index (χ4n) is 2.27. The van der Waals surface area contributed by atoms with Gasteiger partial charge in [0.15, 0.2) is 0 Å². The van der Waals surface area contributed by atoms with Gasteiger partial charge >= 0.3 is 0 Å². The molecule has 0 heterocycles. The average Bonchev–Trinajstić information content (AvgIpc) is 2.11. The van der Waals surface area contributed by atoms with Crippen LogP contribution in [0.25, 0.3) is 0 Å². The Hall–Kier alpha value is -0.0800. The van der Waals surface area contributed by atoms with Crippen LogP contribution in [0.5, 0.6) is 0 Å². The normalized spacial score (nSPS) is 27.8. The summed E-state index contributed by atoms with van der Waals surface area (Å²) in [5.74, 6) is 1.42. The molecule has 15 heavy (non-hydrogen) atoms. The van der Waals surface area contributed by atoms with Gasteiger partial charge in [-0.1, -0.05) is 13.8 Å². The molecular formula is C13H26O2. The van der Waals surface area contributed by atoms with Gasteiger partial charge in [-0.05, 0) is 50.9 Å². The Balaban J connectivity index is 2.00. The van der Waals surface area contributed by atoms with Gasteiger partial charge in [-0.3, -0.25) is 0 Å². The quantitative estimate of drug-likeness (QED) is 0.706. The van der Waals surface area contributed by atoms with E-state index in [1.165, 1.54) is 0 Å². The Morgan fingerprint density at radius 2 is 1.93 bits per heavy atom. The molecule has 0 aliphatic heterocycles. The fraction of sp³-hybridized carbons (Fsp3) is 1.00. The highest BCUT2D eigenvalue weighted by Gasteiger charge is 2.30. The third kappa shape index (κ3) is 4.98. The Morgan fingerprint density at radius 3 is 2.47 bits per heavy atom. The minimum absolute atomic E-state index is 0.0834. The first-order chi connectivity index (χ1) is 7.11. The van der Waals surface area contributed by atoms with Crippen LogP contribution in [0.2, 0.25) is 0 Å². The molecule has 1 aliphatic carbocycles. The number of rotatable bonds is 7. The van der Waals surface area contributed by atoms with E-state index in [2.05, 4.69) is 13.8 Å². The van der Waals surface area contributed by atoms with Crippen LogP contribution in [0.15, 0.2) is 0 Å². The smallest absolute Gasteiger partial charge is 0.0580 e. The first-order valence-corrected chi connectivity index (χ1v) is 6.41. The largest absolute Gasteiger partial charge is 0.393 e. The van der Waals surface area contributed by atoms with Gasteiger partial charge in [0.1, 0.15) is 0 Å². The molecule has 2 nitrogen and oxygen atoms in total. The lowest BCUT2D eigenvalue weighted by atomic mass is 9.78. The number of hydrogen-bond donors (Lipinski definition) is 1. The second kappa shape index (κ2) is 6.49. The predicted octanol–water partition coefficient (Wildman–Crippen LogP) is 2.99. The average molecular weight is 214 g/mol. The van der Waals surface area contributed by atoms with Gasteiger partial charge in [0.05, 0.1) is 12.2 Å². The van der Waals surface area contributed by atoms with Crippen molar-refractivity contribution in [2.24, 2.45) is 11.8 Å². The van der Waals surface area contributed by atoms with Crippen LogP contribution in [-0.4, -0.2) is 23.9 Å². The zero-order valence-electron chi connectivity index (χ0n) is 10.4. The molecule has 0 radical (unpaired) electrons. The van der Waals surface area contributed by atoms with Crippen molar-refractivity contribution in [1.29, 1.82) is 0 Å². The third-order valence-corrected chi connectivity index (χ3v) is 3.28. The summed E-state index contributed by atoms with van der Waals surface area (Å²) >= 11 is 0. The van der Waals surface area contributed by atoms with Gasteiger partial charge in [-0.15, -0.1) is 0 Å². The molecule has 1 N–H and O–H groups in total. The van der Waals surface area contributed by atoms with Crippen LogP contribution in [0.3, 0.4) is 0 Å². The predicted molar refractivity (Wildman–Crippen MR) is 62.8 cm³/mol. The zero-order valence-corrected chi connectivity index (χ0v) is 10.4. The second-order valence-corrected chi connectivity index (χ2v) is 5.28. The summed E-state index contributed by atoms with van der Waals surface area (Å²) in [7, 11) is 0. The summed E-state index contributed by atoms with van der Waals surface area (Å²) in [4.78, 5) is 0. The Labute approximate surface area is 94.0 Å². The third-order valence-electron chi connectivity index (χ3n) is 3.28. The van der Waals surface area contributed by atoms with Gasteiger partial charge in [0.2, 0.25) is 0 Å². The van der Waals surface area contributed by atoms with Gasteiger partial charge in [0.25, 0.3) is 0 Å². The second-order valence-electron chi connectivity index (χ2n) is 5.28. The minimum Gasteiger partial charge on any atom is -0.393 e. The van der Waals surface area contributed by atoms with Crippen molar-refractivity contribution in [3.63, 3.8) is 0 Å². The summed E-state index contributed by atoms with van der Waals surface area (Å²) in [5.41, 5.74) is 0. The van der Waals surface area contributed by atoms with E-state index < -0.39 is 0 Å². The van der Waals surface area contributed by atoms with Crippen LogP contribution >= 0.6 is 0 Å². The van der Waals surface area contributed by atoms with E-state index >= 15 is 0 Å². The van der Waals surface area contributed by atoms with E-state index in [0.29, 0.717) is 17.9 Å². The first-order valence-electron chi connectivity index (χ1n) is 6.41. The van der Waals surface area contributed by atoms with Crippen LogP contribution in [0, 0.1) is 11.8 Å². The molecule has 0 amide bonds. The van der Waals surface area contributed by atoms with Crippen molar-refractivity contribution < 1.29 is 9.84 Å². The molecule has 0 saturated heterocycles. The fourth-order valence-corrected chi connectivity index (χ4v) is 2.27. The molecule has 1 unspecified atom stereocenters. The van der Waals surface area contributed by atoms with E-state index in [9.17, 15) is 5.11 Å². The lowest BCUT2D eigenvalue weighted by Crippen LogP contribution is -2.33. The minimum atomic E-state index is -0.0834. The molecule has 0 bridgehead atoms. The summed E-state index contributed by atoms with van der Waals surface area (Å²) in [6.07, 6.45) is 5.81. The maximum absolute atomic E-state index is 9.81. The molecule has 1 saturated carbocycles. The molecule has 90 valence electrons. The standard InChI is InChI=1S/C13H26O2/c1-4-15-13-8-11(9-13)7-12(14)6-5-10(2)3/h10-14H,4-9H2,1-3H3. The summed E-state index contributed by atoms with van der Waals surface area (Å²) in [6, 6.07) is 0. The van der Waals surface area contributed by atoms with Gasteiger partial charge in [-0.25, -0.2) is 0 Å². The Kier molecular flexibility index (Phi) is 5.62. The lowest BCUT2D eigenvalue weighted by molar-refractivity contribution is -0.0386. The number of hydrogen-bond acceptors (Lipinski definition) is 2. The molecule has 0 aromatic carbocycles. The number of aliphatic hydroxyl groups excluding tert-OH is 1. The van der Waals surface area contributed by atoms with E-state index in [0.717, 1.165) is 38.7 Å². The van der Waals surface area contributed by atoms with Crippen molar-refractivity contribution >= 4 is 0 Å². The molecule has 0 aromatic heterocycles. The Bertz CT molecular complexity index is 162. The van der Waals surface area contributed by atoms with E-state index in [-0.39, 0.29) is 6.10 Å². The van der Waals surface area contributed by atoms with E-state index in [1.54, 1.807) is 0 Å². The van der Waals surface area contributed by atoms with Crippen LogP contribution in [0.1, 0.15) is 52.9 Å². The molecule has 0 spiro atoms. The first kappa shape index (κ1) is 13.0. The van der Waals surface area contributed by atoms with Crippen LogP contribution < -0.4 is 0 Å². The summed E-state index contributed by atoms with van der Waals surface area (Å²) in [6.45, 7) is 7.29. The molecule has 1 rings (SSSR count). The van der Waals surface area contributed by atoms with Crippen LogP contribution in [-0.2, 0) is 4.74 Å². The van der Waals surface area contributed by atoms with Crippen molar-refractivity contribution in [3.05, 3.63) is 0 Å². The van der Waals surface area contributed by atoms with Gasteiger partial charge in [0, 0.05) is 6.61 Å². The summed E-state index contributed by atoms with van der Waals surface area (Å²) < 4.78 is 5.51. The number of ether oxygens (including phenoxy) is 1. The maximum Gasteiger partial charge on any atom is 0.0580 e. The molecule has 2 heteroatoms. The molecule has 1 fully saturated rings. The highest BCUT2D eigenvalue weighted by molar-refractivity contribution is 4.82. The van der Waals surface area contributed by atoms with Crippen molar-refractivity contribution in [2.45, 2.75) is 65.1 Å². The SMILES string of the molecule is CCOC1CC(CC(O)CCC(C)C)C1. The molecular weight excluding hydrogens is 188 g/mol. The Morgan fingerprint density at radius 1 is 1.27 bits per heavy atom. The zero-order chi connectivity index (χ0) is 11.3. The topological polar surface area (TPSA) is 29.5 Å². The highest BCUT2D eigenvalue weighted by atomic mass is 16.5. The van der Waals surface area contributed by atoms with E-state index in [1.807, 2.05) is 6.92 Å². The lowest BCUT2D eigenvalue weighted by Gasteiger charge is -2.36. The highest BCUT2D eigenvalue weighted by Crippen LogP contribution is 2.34. The summed E-state index contributed by atoms with van der Waals surface area (Å²) in [5, 5.41) is 9.81.